The van der Waals surface area contributed by atoms with E-state index < -0.39 is 5.60 Å². The highest BCUT2D eigenvalue weighted by Gasteiger charge is 2.41. The van der Waals surface area contributed by atoms with Crippen LogP contribution in [0.25, 0.3) is 0 Å². The summed E-state index contributed by atoms with van der Waals surface area (Å²) in [4.78, 5) is 12.3. The molecule has 0 aromatic heterocycles. The third-order valence-electron chi connectivity index (χ3n) is 4.75. The molecule has 1 heterocycles. The Balaban J connectivity index is 1.62. The molecule has 2 fully saturated rings. The van der Waals surface area contributed by atoms with Gasteiger partial charge in [0.25, 0.3) is 5.91 Å². The molecule has 1 saturated heterocycles. The second-order valence-electron chi connectivity index (χ2n) is 6.42. The first kappa shape index (κ1) is 15.8. The van der Waals surface area contributed by atoms with E-state index >= 15 is 0 Å². The normalized spacial score (nSPS) is 31.9. The second kappa shape index (κ2) is 6.57. The minimum Gasteiger partial charge on any atom is -0.378 e. The number of nitrogens with one attached hydrogen (secondary N) is 1. The maximum Gasteiger partial charge on any atom is 0.254 e. The fourth-order valence-corrected chi connectivity index (χ4v) is 3.64. The number of benzene rings is 1. The summed E-state index contributed by atoms with van der Waals surface area (Å²) in [5.74, 6) is 0.119. The minimum absolute atomic E-state index is 0.100. The summed E-state index contributed by atoms with van der Waals surface area (Å²) in [5, 5.41) is 14.0. The number of halogens is 1. The number of carbonyl (C=O) groups is 1. The fraction of sp³-hybridized carbons (Fsp3) is 0.588. The van der Waals surface area contributed by atoms with Gasteiger partial charge in [-0.1, -0.05) is 30.2 Å². The summed E-state index contributed by atoms with van der Waals surface area (Å²) >= 11 is 6.07. The first-order chi connectivity index (χ1) is 10.6. The summed E-state index contributed by atoms with van der Waals surface area (Å²) < 4.78 is 5.15. The van der Waals surface area contributed by atoms with Crippen molar-refractivity contribution in [3.8, 4) is 0 Å². The van der Waals surface area contributed by atoms with Crippen molar-refractivity contribution in [2.75, 3.05) is 13.2 Å². The molecule has 1 aliphatic carbocycles. The number of hydrogen-bond donors (Lipinski definition) is 2. The molecule has 0 bridgehead atoms. The van der Waals surface area contributed by atoms with Gasteiger partial charge in [-0.05, 0) is 42.9 Å². The Bertz CT molecular complexity index is 542. The molecule has 1 aromatic rings. The summed E-state index contributed by atoms with van der Waals surface area (Å²) in [6.07, 6.45) is 4.41. The maximum atomic E-state index is 12.3. The minimum atomic E-state index is -1.34. The molecule has 5 heteroatoms. The molecule has 3 atom stereocenters. The van der Waals surface area contributed by atoms with Crippen molar-refractivity contribution in [3.63, 3.8) is 0 Å². The lowest BCUT2D eigenvalue weighted by Gasteiger charge is -2.32. The third kappa shape index (κ3) is 3.45. The molecule has 4 nitrogen and oxygen atoms in total. The van der Waals surface area contributed by atoms with E-state index in [2.05, 4.69) is 11.4 Å². The van der Waals surface area contributed by atoms with Gasteiger partial charge >= 0.3 is 0 Å². The first-order valence-electron chi connectivity index (χ1n) is 7.93. The van der Waals surface area contributed by atoms with Gasteiger partial charge in [-0.25, -0.2) is 0 Å². The van der Waals surface area contributed by atoms with E-state index in [4.69, 9.17) is 16.3 Å². The average Bonchev–Trinajstić information content (AvgIpc) is 2.96. The summed E-state index contributed by atoms with van der Waals surface area (Å²) in [5.41, 5.74) is -0.113. The zero-order valence-electron chi connectivity index (χ0n) is 12.6. The Hall–Kier alpha value is -1.10. The first-order valence-corrected chi connectivity index (χ1v) is 8.31. The lowest BCUT2D eigenvalue weighted by atomic mass is 9.81. The molecule has 3 rings (SSSR count). The highest BCUT2D eigenvalue weighted by atomic mass is 35.5. The van der Waals surface area contributed by atoms with E-state index in [-0.39, 0.29) is 18.6 Å². The third-order valence-corrected chi connectivity index (χ3v) is 4.99. The van der Waals surface area contributed by atoms with E-state index in [1.807, 2.05) is 18.2 Å². The molecule has 1 saturated carbocycles. The quantitative estimate of drug-likeness (QED) is 0.899. The van der Waals surface area contributed by atoms with Crippen molar-refractivity contribution in [3.05, 3.63) is 34.9 Å². The molecular weight excluding hydrogens is 302 g/mol. The molecular formula is C17H22ClNO3. The van der Waals surface area contributed by atoms with Gasteiger partial charge in [0.05, 0.1) is 13.2 Å². The summed E-state index contributed by atoms with van der Waals surface area (Å²) in [6, 6.07) is 8.06. The smallest absolute Gasteiger partial charge is 0.254 e. The van der Waals surface area contributed by atoms with Crippen LogP contribution in [0.5, 0.6) is 0 Å². The zero-order chi connectivity index (χ0) is 15.6. The van der Waals surface area contributed by atoms with Crippen molar-refractivity contribution in [2.45, 2.75) is 49.7 Å². The van der Waals surface area contributed by atoms with Crippen LogP contribution in [0.2, 0.25) is 5.02 Å². The molecule has 0 radical (unpaired) electrons. The Morgan fingerprint density at radius 3 is 3.00 bits per heavy atom. The largest absolute Gasteiger partial charge is 0.378 e. The molecule has 2 aliphatic rings. The molecule has 0 spiro atoms. The van der Waals surface area contributed by atoms with Crippen LogP contribution in [0.15, 0.2) is 24.3 Å². The highest BCUT2D eigenvalue weighted by Crippen LogP contribution is 2.34. The van der Waals surface area contributed by atoms with E-state index in [1.165, 1.54) is 5.56 Å². The van der Waals surface area contributed by atoms with E-state index in [9.17, 15) is 9.90 Å². The number of amides is 1. The Morgan fingerprint density at radius 2 is 2.27 bits per heavy atom. The molecule has 120 valence electrons. The van der Waals surface area contributed by atoms with Crippen LogP contribution >= 0.6 is 11.6 Å². The lowest BCUT2D eigenvalue weighted by Crippen LogP contribution is -2.51. The van der Waals surface area contributed by atoms with Crippen LogP contribution in [0, 0.1) is 0 Å². The average molecular weight is 324 g/mol. The SMILES string of the molecule is O=C(NC1CCCC(c2cccc(Cl)c2)C1)C1(O)CCOC1. The van der Waals surface area contributed by atoms with Crippen molar-refractivity contribution in [1.29, 1.82) is 0 Å². The Kier molecular flexibility index (Phi) is 4.71. The van der Waals surface area contributed by atoms with Gasteiger partial charge in [0.2, 0.25) is 0 Å². The Labute approximate surface area is 135 Å². The van der Waals surface area contributed by atoms with Gasteiger partial charge in [-0.15, -0.1) is 0 Å². The summed E-state index contributed by atoms with van der Waals surface area (Å²) in [6.45, 7) is 0.545. The van der Waals surface area contributed by atoms with Gasteiger partial charge in [0.1, 0.15) is 0 Å². The molecule has 1 aromatic carbocycles. The molecule has 1 aliphatic heterocycles. The van der Waals surface area contributed by atoms with Crippen LogP contribution < -0.4 is 5.32 Å². The maximum absolute atomic E-state index is 12.3. The van der Waals surface area contributed by atoms with Crippen molar-refractivity contribution in [1.82, 2.24) is 5.32 Å². The number of carbonyl (C=O) groups excluding carboxylic acids is 1. The predicted molar refractivity (Wildman–Crippen MR) is 85.0 cm³/mol. The fourth-order valence-electron chi connectivity index (χ4n) is 3.44. The number of aliphatic hydroxyl groups is 1. The van der Waals surface area contributed by atoms with E-state index in [1.54, 1.807) is 0 Å². The molecule has 3 unspecified atom stereocenters. The number of ether oxygens (including phenoxy) is 1. The van der Waals surface area contributed by atoms with Crippen molar-refractivity contribution < 1.29 is 14.6 Å². The molecule has 22 heavy (non-hydrogen) atoms. The van der Waals surface area contributed by atoms with Crippen molar-refractivity contribution >= 4 is 17.5 Å². The van der Waals surface area contributed by atoms with Gasteiger partial charge in [0.15, 0.2) is 5.60 Å². The van der Waals surface area contributed by atoms with Gasteiger partial charge < -0.3 is 15.2 Å². The second-order valence-corrected chi connectivity index (χ2v) is 6.86. The van der Waals surface area contributed by atoms with Crippen LogP contribution in [-0.2, 0) is 9.53 Å². The van der Waals surface area contributed by atoms with Gasteiger partial charge in [0, 0.05) is 17.5 Å². The summed E-state index contributed by atoms with van der Waals surface area (Å²) in [7, 11) is 0. The van der Waals surface area contributed by atoms with Crippen LogP contribution in [-0.4, -0.2) is 35.9 Å². The van der Waals surface area contributed by atoms with Crippen molar-refractivity contribution in [2.24, 2.45) is 0 Å². The Morgan fingerprint density at radius 1 is 1.41 bits per heavy atom. The van der Waals surface area contributed by atoms with Crippen LogP contribution in [0.4, 0.5) is 0 Å². The predicted octanol–water partition coefficient (Wildman–Crippen LogP) is 2.63. The topological polar surface area (TPSA) is 58.6 Å². The standard InChI is InChI=1S/C17H22ClNO3/c18-14-5-1-3-12(9-14)13-4-2-6-15(10-13)19-16(20)17(21)7-8-22-11-17/h1,3,5,9,13,15,21H,2,4,6-8,10-11H2,(H,19,20). The highest BCUT2D eigenvalue weighted by molar-refractivity contribution is 6.30. The molecule has 1 amide bonds. The van der Waals surface area contributed by atoms with E-state index in [0.29, 0.717) is 18.9 Å². The van der Waals surface area contributed by atoms with Gasteiger partial charge in [-0.2, -0.15) is 0 Å². The molecule has 2 N–H and O–H groups in total. The van der Waals surface area contributed by atoms with Gasteiger partial charge in [-0.3, -0.25) is 4.79 Å². The number of hydrogen-bond acceptors (Lipinski definition) is 3. The van der Waals surface area contributed by atoms with Crippen LogP contribution in [0.3, 0.4) is 0 Å². The van der Waals surface area contributed by atoms with E-state index in [0.717, 1.165) is 30.7 Å². The zero-order valence-corrected chi connectivity index (χ0v) is 13.3. The lowest BCUT2D eigenvalue weighted by molar-refractivity contribution is -0.140. The van der Waals surface area contributed by atoms with Crippen LogP contribution in [0.1, 0.15) is 43.6 Å². The monoisotopic (exact) mass is 323 g/mol. The number of rotatable bonds is 3.